The van der Waals surface area contributed by atoms with E-state index < -0.39 is 0 Å². The summed E-state index contributed by atoms with van der Waals surface area (Å²) >= 11 is 0. The van der Waals surface area contributed by atoms with Crippen molar-refractivity contribution in [2.24, 2.45) is 0 Å². The molecule has 0 saturated heterocycles. The lowest BCUT2D eigenvalue weighted by Gasteiger charge is -2.09. The van der Waals surface area contributed by atoms with Crippen molar-refractivity contribution in [1.82, 2.24) is 9.97 Å². The highest BCUT2D eigenvalue weighted by atomic mass is 16.5. The number of anilines is 1. The van der Waals surface area contributed by atoms with Crippen LogP contribution in [-0.4, -0.2) is 30.1 Å². The fourth-order valence-corrected chi connectivity index (χ4v) is 3.01. The molecule has 7 heteroatoms. The normalized spacial score (nSPS) is 10.3. The van der Waals surface area contributed by atoms with Gasteiger partial charge in [-0.05, 0) is 48.5 Å². The smallest absolute Gasteiger partial charge is 0.255 e. The number of nitrogens with zero attached hydrogens (tertiary/aromatic N) is 2. The zero-order chi connectivity index (χ0) is 22.3. The van der Waals surface area contributed by atoms with Crippen molar-refractivity contribution in [3.8, 4) is 34.4 Å². The topological polar surface area (TPSA) is 82.6 Å². The van der Waals surface area contributed by atoms with Crippen LogP contribution >= 0.6 is 0 Å². The molecule has 160 valence electrons. The molecule has 1 aromatic heterocycles. The van der Waals surface area contributed by atoms with Crippen molar-refractivity contribution < 1.29 is 19.0 Å². The molecule has 3 aromatic carbocycles. The predicted octanol–water partition coefficient (Wildman–Crippen LogP) is 5.21. The van der Waals surface area contributed by atoms with Gasteiger partial charge in [-0.3, -0.25) is 4.79 Å². The molecule has 4 aromatic rings. The van der Waals surface area contributed by atoms with E-state index in [1.165, 1.54) is 6.33 Å². The molecule has 32 heavy (non-hydrogen) atoms. The first kappa shape index (κ1) is 20.9. The number of nitrogens with one attached hydrogen (secondary N) is 1. The second kappa shape index (κ2) is 9.61. The summed E-state index contributed by atoms with van der Waals surface area (Å²) in [5.74, 6) is 2.24. The molecule has 0 saturated carbocycles. The van der Waals surface area contributed by atoms with Gasteiger partial charge in [0.05, 0.1) is 19.9 Å². The quantitative estimate of drug-likeness (QED) is 0.436. The molecule has 0 aliphatic rings. The zero-order valence-corrected chi connectivity index (χ0v) is 17.6. The number of hydrogen-bond donors (Lipinski definition) is 1. The van der Waals surface area contributed by atoms with Crippen LogP contribution in [0.1, 0.15) is 10.4 Å². The molecule has 0 unspecified atom stereocenters. The Hall–Kier alpha value is -4.39. The van der Waals surface area contributed by atoms with Crippen LogP contribution in [0.4, 0.5) is 5.69 Å². The van der Waals surface area contributed by atoms with Crippen molar-refractivity contribution in [2.45, 2.75) is 0 Å². The average molecular weight is 427 g/mol. The van der Waals surface area contributed by atoms with Gasteiger partial charge in [-0.15, -0.1) is 0 Å². The highest BCUT2D eigenvalue weighted by molar-refractivity contribution is 6.04. The second-order valence-electron chi connectivity index (χ2n) is 6.78. The van der Waals surface area contributed by atoms with Crippen molar-refractivity contribution in [3.63, 3.8) is 0 Å². The molecule has 1 amide bonds. The Morgan fingerprint density at radius 3 is 2.22 bits per heavy atom. The number of amides is 1. The van der Waals surface area contributed by atoms with Crippen LogP contribution in [0.3, 0.4) is 0 Å². The maximum absolute atomic E-state index is 12.5. The SMILES string of the molecule is COc1ccc(NC(=O)c2ccc(-c3cc(Oc4cccc(OC)c4)ncn3)cc2)cc1. The maximum Gasteiger partial charge on any atom is 0.255 e. The number of carbonyl (C=O) groups is 1. The lowest BCUT2D eigenvalue weighted by Crippen LogP contribution is -2.11. The van der Waals surface area contributed by atoms with Gasteiger partial charge < -0.3 is 19.5 Å². The van der Waals surface area contributed by atoms with Gasteiger partial charge in [0.25, 0.3) is 5.91 Å². The average Bonchev–Trinajstić information content (AvgIpc) is 2.85. The Bertz CT molecular complexity index is 1210. The van der Waals surface area contributed by atoms with Gasteiger partial charge in [0.15, 0.2) is 0 Å². The lowest BCUT2D eigenvalue weighted by atomic mass is 10.1. The van der Waals surface area contributed by atoms with E-state index in [0.29, 0.717) is 34.3 Å². The molecule has 0 aliphatic carbocycles. The number of rotatable bonds is 7. The fourth-order valence-electron chi connectivity index (χ4n) is 3.01. The molecule has 0 bridgehead atoms. The number of benzene rings is 3. The standard InChI is InChI=1S/C25H21N3O4/c1-30-20-12-10-19(11-13-20)28-25(29)18-8-6-17(7-9-18)23-15-24(27-16-26-23)32-22-5-3-4-21(14-22)31-2/h3-16H,1-2H3,(H,28,29). The van der Waals surface area contributed by atoms with Crippen LogP contribution in [0.25, 0.3) is 11.3 Å². The van der Waals surface area contributed by atoms with E-state index in [1.54, 1.807) is 62.8 Å². The van der Waals surface area contributed by atoms with Crippen LogP contribution in [0.2, 0.25) is 0 Å². The molecule has 0 spiro atoms. The van der Waals surface area contributed by atoms with Crippen molar-refractivity contribution in [1.29, 1.82) is 0 Å². The molecule has 0 atom stereocenters. The van der Waals surface area contributed by atoms with Gasteiger partial charge in [0.1, 0.15) is 23.6 Å². The molecule has 0 radical (unpaired) electrons. The summed E-state index contributed by atoms with van der Waals surface area (Å²) in [5.41, 5.74) is 2.74. The monoisotopic (exact) mass is 427 g/mol. The minimum absolute atomic E-state index is 0.202. The largest absolute Gasteiger partial charge is 0.497 e. The summed E-state index contributed by atoms with van der Waals surface area (Å²) in [4.78, 5) is 21.0. The predicted molar refractivity (Wildman–Crippen MR) is 121 cm³/mol. The highest BCUT2D eigenvalue weighted by Crippen LogP contribution is 2.26. The first-order chi connectivity index (χ1) is 15.6. The summed E-state index contributed by atoms with van der Waals surface area (Å²) < 4.78 is 16.2. The van der Waals surface area contributed by atoms with Crippen molar-refractivity contribution >= 4 is 11.6 Å². The number of ether oxygens (including phenoxy) is 3. The number of methoxy groups -OCH3 is 2. The molecular formula is C25H21N3O4. The lowest BCUT2D eigenvalue weighted by molar-refractivity contribution is 0.102. The summed E-state index contributed by atoms with van der Waals surface area (Å²) in [6, 6.07) is 23.3. The third-order valence-electron chi connectivity index (χ3n) is 4.70. The Kier molecular flexibility index (Phi) is 6.27. The van der Waals surface area contributed by atoms with Gasteiger partial charge in [-0.25, -0.2) is 9.97 Å². The van der Waals surface area contributed by atoms with E-state index in [0.717, 1.165) is 11.3 Å². The number of carbonyl (C=O) groups excluding carboxylic acids is 1. The molecule has 4 rings (SSSR count). The maximum atomic E-state index is 12.5. The Morgan fingerprint density at radius 1 is 0.781 bits per heavy atom. The van der Waals surface area contributed by atoms with Gasteiger partial charge in [-0.2, -0.15) is 0 Å². The summed E-state index contributed by atoms with van der Waals surface area (Å²) in [7, 11) is 3.20. The van der Waals surface area contributed by atoms with Crippen LogP contribution < -0.4 is 19.5 Å². The third kappa shape index (κ3) is 5.02. The van der Waals surface area contributed by atoms with Gasteiger partial charge in [0.2, 0.25) is 5.88 Å². The van der Waals surface area contributed by atoms with E-state index in [4.69, 9.17) is 14.2 Å². The number of hydrogen-bond acceptors (Lipinski definition) is 6. The second-order valence-corrected chi connectivity index (χ2v) is 6.78. The van der Waals surface area contributed by atoms with Gasteiger partial charge >= 0.3 is 0 Å². The zero-order valence-electron chi connectivity index (χ0n) is 17.6. The summed E-state index contributed by atoms with van der Waals surface area (Å²) in [6.45, 7) is 0. The Morgan fingerprint density at radius 2 is 1.50 bits per heavy atom. The molecular weight excluding hydrogens is 406 g/mol. The van der Waals surface area contributed by atoms with Gasteiger partial charge in [-0.1, -0.05) is 18.2 Å². The molecule has 0 aliphatic heterocycles. The summed E-state index contributed by atoms with van der Waals surface area (Å²) in [6.07, 6.45) is 1.44. The molecule has 1 heterocycles. The highest BCUT2D eigenvalue weighted by Gasteiger charge is 2.09. The first-order valence-corrected chi connectivity index (χ1v) is 9.84. The van der Waals surface area contributed by atoms with E-state index in [-0.39, 0.29) is 5.91 Å². The molecule has 1 N–H and O–H groups in total. The summed E-state index contributed by atoms with van der Waals surface area (Å²) in [5, 5.41) is 2.86. The molecule has 7 nitrogen and oxygen atoms in total. The Balaban J connectivity index is 1.46. The van der Waals surface area contributed by atoms with Crippen LogP contribution in [0.15, 0.2) is 85.2 Å². The van der Waals surface area contributed by atoms with Crippen LogP contribution in [0.5, 0.6) is 23.1 Å². The van der Waals surface area contributed by atoms with Crippen molar-refractivity contribution in [3.05, 3.63) is 90.8 Å². The minimum atomic E-state index is -0.202. The Labute approximate surface area is 185 Å². The fraction of sp³-hybridized carbons (Fsp3) is 0.0800. The van der Waals surface area contributed by atoms with E-state index >= 15 is 0 Å². The van der Waals surface area contributed by atoms with E-state index in [9.17, 15) is 4.79 Å². The minimum Gasteiger partial charge on any atom is -0.497 e. The first-order valence-electron chi connectivity index (χ1n) is 9.84. The van der Waals surface area contributed by atoms with E-state index in [1.807, 2.05) is 30.3 Å². The van der Waals surface area contributed by atoms with Crippen LogP contribution in [0, 0.1) is 0 Å². The number of aromatic nitrogens is 2. The third-order valence-corrected chi connectivity index (χ3v) is 4.70. The van der Waals surface area contributed by atoms with Gasteiger partial charge in [0, 0.05) is 28.9 Å². The van der Waals surface area contributed by atoms with E-state index in [2.05, 4.69) is 15.3 Å². The molecule has 0 fully saturated rings. The van der Waals surface area contributed by atoms with Crippen LogP contribution in [-0.2, 0) is 0 Å². The van der Waals surface area contributed by atoms with Crippen molar-refractivity contribution in [2.75, 3.05) is 19.5 Å².